The molecular weight excluding hydrogens is 344 g/mol. The Kier molecular flexibility index (Phi) is 4.97. The molecule has 4 rings (SSSR count). The summed E-state index contributed by atoms with van der Waals surface area (Å²) in [6, 6.07) is 7.86. The number of aromatic nitrogens is 4. The fourth-order valence-electron chi connectivity index (χ4n) is 3.18. The van der Waals surface area contributed by atoms with E-state index in [1.54, 1.807) is 10.9 Å². The number of rotatable bonds is 5. The number of hydrogen-bond donors (Lipinski definition) is 1. The van der Waals surface area contributed by atoms with Gasteiger partial charge in [-0.3, -0.25) is 4.79 Å². The molecule has 8 heteroatoms. The van der Waals surface area contributed by atoms with Crippen molar-refractivity contribution < 1.29 is 9.53 Å². The van der Waals surface area contributed by atoms with E-state index in [1.807, 2.05) is 24.3 Å². The van der Waals surface area contributed by atoms with Crippen LogP contribution >= 0.6 is 0 Å². The number of anilines is 2. The summed E-state index contributed by atoms with van der Waals surface area (Å²) in [4.78, 5) is 23.3. The first-order valence-electron chi connectivity index (χ1n) is 9.12. The summed E-state index contributed by atoms with van der Waals surface area (Å²) in [5, 5.41) is 8.11. The van der Waals surface area contributed by atoms with E-state index < -0.39 is 0 Å². The molecule has 0 unspecified atom stereocenters. The molecule has 3 aromatic rings. The number of nitrogens with zero attached hydrogens (tertiary/aromatic N) is 5. The molecule has 0 spiro atoms. The average Bonchev–Trinajstić information content (AvgIpc) is 3.12. The predicted octanol–water partition coefficient (Wildman–Crippen LogP) is 1.86. The first-order valence-corrected chi connectivity index (χ1v) is 9.12. The summed E-state index contributed by atoms with van der Waals surface area (Å²) in [6.45, 7) is 5.12. The van der Waals surface area contributed by atoms with Crippen molar-refractivity contribution in [2.24, 2.45) is 0 Å². The zero-order chi connectivity index (χ0) is 18.6. The van der Waals surface area contributed by atoms with Gasteiger partial charge in [-0.05, 0) is 24.1 Å². The summed E-state index contributed by atoms with van der Waals surface area (Å²) in [6.07, 6.45) is 4.22. The van der Waals surface area contributed by atoms with Crippen molar-refractivity contribution in [1.29, 1.82) is 0 Å². The molecule has 1 fully saturated rings. The van der Waals surface area contributed by atoms with Crippen LogP contribution in [0.1, 0.15) is 12.5 Å². The summed E-state index contributed by atoms with van der Waals surface area (Å²) >= 11 is 0. The summed E-state index contributed by atoms with van der Waals surface area (Å²) < 4.78 is 7.01. The molecule has 1 aromatic carbocycles. The minimum absolute atomic E-state index is 0.0958. The van der Waals surface area contributed by atoms with Gasteiger partial charge in [0.15, 0.2) is 5.65 Å². The molecule has 0 bridgehead atoms. The second kappa shape index (κ2) is 7.71. The minimum Gasteiger partial charge on any atom is -0.378 e. The van der Waals surface area contributed by atoms with Crippen molar-refractivity contribution in [3.05, 3.63) is 42.4 Å². The first-order chi connectivity index (χ1) is 13.2. The molecule has 0 aliphatic carbocycles. The lowest BCUT2D eigenvalue weighted by atomic mass is 10.1. The topological polar surface area (TPSA) is 85.2 Å². The van der Waals surface area contributed by atoms with Gasteiger partial charge < -0.3 is 15.0 Å². The molecule has 140 valence electrons. The lowest BCUT2D eigenvalue weighted by molar-refractivity contribution is -0.116. The molecule has 1 amide bonds. The van der Waals surface area contributed by atoms with Crippen LogP contribution < -0.4 is 10.2 Å². The highest BCUT2D eigenvalue weighted by Crippen LogP contribution is 2.23. The highest BCUT2D eigenvalue weighted by Gasteiger charge is 2.18. The van der Waals surface area contributed by atoms with Crippen molar-refractivity contribution in [3.8, 4) is 0 Å². The second-order valence-electron chi connectivity index (χ2n) is 6.43. The SMILES string of the molecule is CCc1ccc(NC(=O)Cn2ncc3c(N4CCOCC4)ncnc32)cc1. The van der Waals surface area contributed by atoms with Gasteiger partial charge >= 0.3 is 0 Å². The molecule has 1 N–H and O–H groups in total. The number of carbonyl (C=O) groups excluding carboxylic acids is 1. The van der Waals surface area contributed by atoms with E-state index in [0.29, 0.717) is 18.9 Å². The number of morpholine rings is 1. The fourth-order valence-corrected chi connectivity index (χ4v) is 3.18. The number of hydrogen-bond acceptors (Lipinski definition) is 6. The lowest BCUT2D eigenvalue weighted by Gasteiger charge is -2.27. The molecule has 2 aromatic heterocycles. The van der Waals surface area contributed by atoms with Crippen molar-refractivity contribution in [1.82, 2.24) is 19.7 Å². The lowest BCUT2D eigenvalue weighted by Crippen LogP contribution is -2.36. The summed E-state index contributed by atoms with van der Waals surface area (Å²) in [5.74, 6) is 0.695. The van der Waals surface area contributed by atoms with Crippen molar-refractivity contribution in [2.45, 2.75) is 19.9 Å². The Bertz CT molecular complexity index is 931. The molecule has 3 heterocycles. The largest absolute Gasteiger partial charge is 0.378 e. The number of fused-ring (bicyclic) bond motifs is 1. The standard InChI is InChI=1S/C19H22N6O2/c1-2-14-3-5-15(6-4-14)23-17(26)12-25-19-16(11-22-25)18(20-13-21-19)24-7-9-27-10-8-24/h3-6,11,13H,2,7-10,12H2,1H3,(H,23,26). The van der Waals surface area contributed by atoms with Crippen molar-refractivity contribution in [2.75, 3.05) is 36.5 Å². The van der Waals surface area contributed by atoms with Gasteiger partial charge in [0.2, 0.25) is 5.91 Å². The van der Waals surface area contributed by atoms with Gasteiger partial charge in [-0.15, -0.1) is 0 Å². The molecular formula is C19H22N6O2. The van der Waals surface area contributed by atoms with E-state index in [0.717, 1.165) is 36.4 Å². The van der Waals surface area contributed by atoms with Gasteiger partial charge in [-0.25, -0.2) is 14.6 Å². The zero-order valence-electron chi connectivity index (χ0n) is 15.3. The van der Waals surface area contributed by atoms with E-state index in [-0.39, 0.29) is 12.5 Å². The Labute approximate surface area is 157 Å². The molecule has 1 aliphatic heterocycles. The van der Waals surface area contributed by atoms with E-state index in [1.165, 1.54) is 11.9 Å². The third-order valence-electron chi connectivity index (χ3n) is 4.66. The molecule has 1 saturated heterocycles. The zero-order valence-corrected chi connectivity index (χ0v) is 15.3. The second-order valence-corrected chi connectivity index (χ2v) is 6.43. The molecule has 0 saturated carbocycles. The predicted molar refractivity (Wildman–Crippen MR) is 103 cm³/mol. The average molecular weight is 366 g/mol. The fraction of sp³-hybridized carbons (Fsp3) is 0.368. The van der Waals surface area contributed by atoms with E-state index in [9.17, 15) is 4.79 Å². The number of nitrogens with one attached hydrogen (secondary N) is 1. The van der Waals surface area contributed by atoms with Crippen molar-refractivity contribution >= 4 is 28.4 Å². The summed E-state index contributed by atoms with van der Waals surface area (Å²) in [7, 11) is 0. The van der Waals surface area contributed by atoms with Crippen LogP contribution in [0.3, 0.4) is 0 Å². The highest BCUT2D eigenvalue weighted by molar-refractivity contribution is 5.92. The number of ether oxygens (including phenoxy) is 1. The molecule has 1 aliphatic rings. The summed E-state index contributed by atoms with van der Waals surface area (Å²) in [5.41, 5.74) is 2.67. The Morgan fingerprint density at radius 3 is 2.70 bits per heavy atom. The van der Waals surface area contributed by atoms with Crippen LogP contribution in [-0.2, 0) is 22.5 Å². The molecule has 8 nitrogen and oxygen atoms in total. The number of amides is 1. The third kappa shape index (κ3) is 3.75. The van der Waals surface area contributed by atoms with E-state index in [2.05, 4.69) is 32.2 Å². The number of aryl methyl sites for hydroxylation is 1. The maximum atomic E-state index is 12.4. The number of benzene rings is 1. The Morgan fingerprint density at radius 2 is 1.96 bits per heavy atom. The smallest absolute Gasteiger partial charge is 0.246 e. The van der Waals surface area contributed by atoms with Crippen LogP contribution in [0.25, 0.3) is 11.0 Å². The van der Waals surface area contributed by atoms with Crippen LogP contribution in [0.4, 0.5) is 11.5 Å². The number of carbonyl (C=O) groups is 1. The van der Waals surface area contributed by atoms with Gasteiger partial charge in [0.05, 0.1) is 24.8 Å². The highest BCUT2D eigenvalue weighted by atomic mass is 16.5. The maximum absolute atomic E-state index is 12.4. The Balaban J connectivity index is 1.50. The molecule has 0 radical (unpaired) electrons. The molecule has 27 heavy (non-hydrogen) atoms. The van der Waals surface area contributed by atoms with E-state index >= 15 is 0 Å². The van der Waals surface area contributed by atoms with Gasteiger partial charge in [0.1, 0.15) is 18.7 Å². The molecule has 0 atom stereocenters. The normalized spacial score (nSPS) is 14.5. The van der Waals surface area contributed by atoms with Crippen LogP contribution in [0.15, 0.2) is 36.8 Å². The quantitative estimate of drug-likeness (QED) is 0.742. The van der Waals surface area contributed by atoms with Crippen LogP contribution in [-0.4, -0.2) is 52.0 Å². The van der Waals surface area contributed by atoms with Gasteiger partial charge in [-0.1, -0.05) is 19.1 Å². The van der Waals surface area contributed by atoms with Gasteiger partial charge in [0, 0.05) is 18.8 Å². The third-order valence-corrected chi connectivity index (χ3v) is 4.66. The van der Waals surface area contributed by atoms with Crippen LogP contribution in [0.2, 0.25) is 0 Å². The van der Waals surface area contributed by atoms with Crippen LogP contribution in [0, 0.1) is 0 Å². The van der Waals surface area contributed by atoms with Crippen LogP contribution in [0.5, 0.6) is 0 Å². The first kappa shape index (κ1) is 17.4. The Morgan fingerprint density at radius 1 is 1.19 bits per heavy atom. The minimum atomic E-state index is -0.143. The maximum Gasteiger partial charge on any atom is 0.246 e. The van der Waals surface area contributed by atoms with Gasteiger partial charge in [0.25, 0.3) is 0 Å². The van der Waals surface area contributed by atoms with Crippen molar-refractivity contribution in [3.63, 3.8) is 0 Å². The van der Waals surface area contributed by atoms with Gasteiger partial charge in [-0.2, -0.15) is 5.10 Å². The van der Waals surface area contributed by atoms with E-state index in [4.69, 9.17) is 4.74 Å². The monoisotopic (exact) mass is 366 g/mol. The Hall–Kier alpha value is -3.00.